The second-order valence-electron chi connectivity index (χ2n) is 6.16. The summed E-state index contributed by atoms with van der Waals surface area (Å²) < 4.78 is 31.2. The van der Waals surface area contributed by atoms with Crippen molar-refractivity contribution in [3.05, 3.63) is 0 Å². The van der Waals surface area contributed by atoms with Gasteiger partial charge in [0, 0.05) is 25.7 Å². The Morgan fingerprint density at radius 2 is 1.90 bits per heavy atom. The molecule has 1 aliphatic heterocycles. The highest BCUT2D eigenvalue weighted by molar-refractivity contribution is 7.89. The molecule has 0 aromatic carbocycles. The van der Waals surface area contributed by atoms with Crippen LogP contribution in [0, 0.1) is 11.8 Å². The number of hydrogen-bond donors (Lipinski definition) is 1. The molecule has 6 heteroatoms. The van der Waals surface area contributed by atoms with Gasteiger partial charge in [0.2, 0.25) is 10.0 Å². The van der Waals surface area contributed by atoms with Gasteiger partial charge in [-0.05, 0) is 18.3 Å². The summed E-state index contributed by atoms with van der Waals surface area (Å²) in [4.78, 5) is 0. The van der Waals surface area contributed by atoms with E-state index < -0.39 is 10.0 Å². The summed E-state index contributed by atoms with van der Waals surface area (Å²) in [5, 5.41) is 3.46. The van der Waals surface area contributed by atoms with Gasteiger partial charge in [-0.1, -0.05) is 26.7 Å². The maximum Gasteiger partial charge on any atom is 0.215 e. The predicted octanol–water partition coefficient (Wildman–Crippen LogP) is 1.06. The smallest absolute Gasteiger partial charge is 0.215 e. The zero-order chi connectivity index (χ0) is 14.6. The molecule has 3 atom stereocenters. The van der Waals surface area contributed by atoms with Crippen LogP contribution in [0.1, 0.15) is 33.1 Å². The van der Waals surface area contributed by atoms with Crippen LogP contribution >= 0.6 is 0 Å². The highest BCUT2D eigenvalue weighted by Crippen LogP contribution is 2.29. The molecular weight excluding hydrogens is 276 g/mol. The molecule has 0 unspecified atom stereocenters. The Hall–Kier alpha value is -0.170. The Bertz CT molecular complexity index is 393. The van der Waals surface area contributed by atoms with Crippen LogP contribution < -0.4 is 5.32 Å². The van der Waals surface area contributed by atoms with Crippen LogP contribution in [0.2, 0.25) is 0 Å². The van der Waals surface area contributed by atoms with Crippen molar-refractivity contribution in [3.8, 4) is 0 Å². The molecule has 0 radical (unpaired) electrons. The normalized spacial score (nSPS) is 33.2. The molecule has 118 valence electrons. The van der Waals surface area contributed by atoms with Crippen molar-refractivity contribution < 1.29 is 13.2 Å². The van der Waals surface area contributed by atoms with Gasteiger partial charge in [-0.25, -0.2) is 8.42 Å². The van der Waals surface area contributed by atoms with E-state index in [0.717, 1.165) is 5.92 Å². The van der Waals surface area contributed by atoms with E-state index >= 15 is 0 Å². The van der Waals surface area contributed by atoms with Crippen LogP contribution in [-0.4, -0.2) is 57.4 Å². The van der Waals surface area contributed by atoms with E-state index in [1.54, 1.807) is 4.31 Å². The molecule has 0 bridgehead atoms. The fraction of sp³-hybridized carbons (Fsp3) is 1.00. The maximum absolute atomic E-state index is 12.2. The molecule has 2 rings (SSSR count). The Balaban J connectivity index is 1.77. The van der Waals surface area contributed by atoms with Crippen molar-refractivity contribution in [2.24, 2.45) is 11.8 Å². The molecule has 1 saturated carbocycles. The summed E-state index contributed by atoms with van der Waals surface area (Å²) >= 11 is 0. The number of morpholine rings is 1. The molecule has 0 amide bonds. The lowest BCUT2D eigenvalue weighted by Gasteiger charge is -2.35. The van der Waals surface area contributed by atoms with E-state index in [1.807, 2.05) is 0 Å². The molecule has 2 aliphatic rings. The summed E-state index contributed by atoms with van der Waals surface area (Å²) in [7, 11) is -3.12. The van der Waals surface area contributed by atoms with E-state index in [9.17, 15) is 8.42 Å². The van der Waals surface area contributed by atoms with Crippen molar-refractivity contribution in [1.82, 2.24) is 9.62 Å². The Morgan fingerprint density at radius 1 is 1.20 bits per heavy atom. The van der Waals surface area contributed by atoms with Crippen molar-refractivity contribution in [2.75, 3.05) is 38.6 Å². The average Bonchev–Trinajstić information content (AvgIpc) is 2.44. The van der Waals surface area contributed by atoms with E-state index in [4.69, 9.17) is 4.74 Å². The highest BCUT2D eigenvalue weighted by Gasteiger charge is 2.28. The monoisotopic (exact) mass is 304 g/mol. The van der Waals surface area contributed by atoms with Gasteiger partial charge in [-0.15, -0.1) is 0 Å². The first-order valence-electron chi connectivity index (χ1n) is 7.79. The van der Waals surface area contributed by atoms with Crippen molar-refractivity contribution in [1.29, 1.82) is 0 Å². The Kier molecular flexibility index (Phi) is 5.84. The lowest BCUT2D eigenvalue weighted by atomic mass is 9.78. The first-order valence-corrected chi connectivity index (χ1v) is 9.40. The lowest BCUT2D eigenvalue weighted by Crippen LogP contribution is -2.46. The number of sulfonamides is 1. The second kappa shape index (κ2) is 7.20. The van der Waals surface area contributed by atoms with Crippen LogP contribution in [0.5, 0.6) is 0 Å². The van der Waals surface area contributed by atoms with Crippen LogP contribution in [0.25, 0.3) is 0 Å². The van der Waals surface area contributed by atoms with Gasteiger partial charge in [-0.3, -0.25) is 0 Å². The maximum atomic E-state index is 12.2. The molecule has 0 aromatic rings. The van der Waals surface area contributed by atoms with E-state index in [-0.39, 0.29) is 5.75 Å². The van der Waals surface area contributed by atoms with Crippen LogP contribution in [-0.2, 0) is 14.8 Å². The third kappa shape index (κ3) is 4.16. The van der Waals surface area contributed by atoms with Gasteiger partial charge in [0.15, 0.2) is 0 Å². The lowest BCUT2D eigenvalue weighted by molar-refractivity contribution is 0.0730. The summed E-state index contributed by atoms with van der Waals surface area (Å²) in [6.45, 7) is 7.16. The summed E-state index contributed by atoms with van der Waals surface area (Å²) in [6, 6.07) is 0.471. The molecule has 1 N–H and O–H groups in total. The summed E-state index contributed by atoms with van der Waals surface area (Å²) in [5.74, 6) is 1.57. The van der Waals surface area contributed by atoms with Gasteiger partial charge in [0.1, 0.15) is 0 Å². The number of nitrogens with one attached hydrogen (secondary N) is 1. The quantitative estimate of drug-likeness (QED) is 0.825. The number of rotatable bonds is 5. The first kappa shape index (κ1) is 16.2. The Morgan fingerprint density at radius 3 is 2.60 bits per heavy atom. The molecule has 1 saturated heterocycles. The van der Waals surface area contributed by atoms with Gasteiger partial charge < -0.3 is 10.1 Å². The van der Waals surface area contributed by atoms with Gasteiger partial charge >= 0.3 is 0 Å². The molecule has 5 nitrogen and oxygen atoms in total. The minimum absolute atomic E-state index is 0.199. The van der Waals surface area contributed by atoms with Crippen LogP contribution in [0.3, 0.4) is 0 Å². The molecular formula is C14H28N2O3S. The molecule has 1 heterocycles. The molecule has 2 fully saturated rings. The Labute approximate surface area is 123 Å². The fourth-order valence-corrected chi connectivity index (χ4v) is 4.54. The third-order valence-electron chi connectivity index (χ3n) is 4.84. The fourth-order valence-electron chi connectivity index (χ4n) is 3.20. The highest BCUT2D eigenvalue weighted by atomic mass is 32.2. The van der Waals surface area contributed by atoms with Gasteiger partial charge in [0.25, 0.3) is 0 Å². The standard InChI is InChI=1S/C14H28N2O3S/c1-12-4-3-5-14(13(12)2)15-6-11-20(17,18)16-7-9-19-10-8-16/h12-15H,3-11H2,1-2H3/t12-,13-,14-/m1/s1. The van der Waals surface area contributed by atoms with E-state index in [0.29, 0.717) is 44.8 Å². The van der Waals surface area contributed by atoms with Crippen LogP contribution in [0.4, 0.5) is 0 Å². The molecule has 0 spiro atoms. The van der Waals surface area contributed by atoms with Crippen molar-refractivity contribution in [3.63, 3.8) is 0 Å². The minimum Gasteiger partial charge on any atom is -0.379 e. The zero-order valence-corrected chi connectivity index (χ0v) is 13.5. The summed E-state index contributed by atoms with van der Waals surface area (Å²) in [6.07, 6.45) is 3.72. The third-order valence-corrected chi connectivity index (χ3v) is 6.71. The number of hydrogen-bond acceptors (Lipinski definition) is 4. The summed E-state index contributed by atoms with van der Waals surface area (Å²) in [5.41, 5.74) is 0. The minimum atomic E-state index is -3.12. The topological polar surface area (TPSA) is 58.6 Å². The average molecular weight is 304 g/mol. The predicted molar refractivity (Wildman–Crippen MR) is 80.1 cm³/mol. The van der Waals surface area contributed by atoms with Gasteiger partial charge in [0.05, 0.1) is 19.0 Å². The molecule has 20 heavy (non-hydrogen) atoms. The largest absolute Gasteiger partial charge is 0.379 e. The van der Waals surface area contributed by atoms with Crippen LogP contribution in [0.15, 0.2) is 0 Å². The SMILES string of the molecule is C[C@@H]1[C@H](C)CCC[C@H]1NCCS(=O)(=O)N1CCOCC1. The number of nitrogens with zero attached hydrogens (tertiary/aromatic N) is 1. The second-order valence-corrected chi connectivity index (χ2v) is 8.24. The van der Waals surface area contributed by atoms with E-state index in [1.165, 1.54) is 19.3 Å². The molecule has 1 aliphatic carbocycles. The van der Waals surface area contributed by atoms with Crippen molar-refractivity contribution >= 4 is 10.0 Å². The first-order chi connectivity index (χ1) is 9.50. The number of ether oxygens (including phenoxy) is 1. The van der Waals surface area contributed by atoms with E-state index in [2.05, 4.69) is 19.2 Å². The zero-order valence-electron chi connectivity index (χ0n) is 12.7. The van der Waals surface area contributed by atoms with Crippen molar-refractivity contribution in [2.45, 2.75) is 39.2 Å². The van der Waals surface area contributed by atoms with Gasteiger partial charge in [-0.2, -0.15) is 4.31 Å². The molecule has 0 aromatic heterocycles.